The van der Waals surface area contributed by atoms with E-state index < -0.39 is 5.97 Å². The van der Waals surface area contributed by atoms with Gasteiger partial charge in [0.05, 0.1) is 12.6 Å². The first-order valence-electron chi connectivity index (χ1n) is 5.47. The summed E-state index contributed by atoms with van der Waals surface area (Å²) in [6, 6.07) is 7.76. The van der Waals surface area contributed by atoms with Gasteiger partial charge in [-0.1, -0.05) is 22.9 Å². The maximum atomic E-state index is 11.7. The summed E-state index contributed by atoms with van der Waals surface area (Å²) >= 11 is 5.02. The molecule has 1 heterocycles. The number of halogens is 1. The van der Waals surface area contributed by atoms with Crippen molar-refractivity contribution in [2.75, 3.05) is 12.9 Å². The average molecular weight is 326 g/mol. The van der Waals surface area contributed by atoms with Gasteiger partial charge in [-0.05, 0) is 30.0 Å². The molecule has 2 rings (SSSR count). The predicted molar refractivity (Wildman–Crippen MR) is 77.2 cm³/mol. The summed E-state index contributed by atoms with van der Waals surface area (Å²) in [5, 5.41) is 1.01. The first kappa shape index (κ1) is 13.4. The predicted octanol–water partition coefficient (Wildman–Crippen LogP) is 3.90. The van der Waals surface area contributed by atoms with Gasteiger partial charge in [-0.3, -0.25) is 0 Å². The normalized spacial score (nSPS) is 10.6. The quantitative estimate of drug-likeness (QED) is 0.633. The molecule has 0 radical (unpaired) electrons. The van der Waals surface area contributed by atoms with Gasteiger partial charge in [-0.25, -0.2) is 9.78 Å². The molecule has 0 saturated heterocycles. The lowest BCUT2D eigenvalue weighted by Crippen LogP contribution is -2.06. The van der Waals surface area contributed by atoms with Crippen molar-refractivity contribution in [3.8, 4) is 0 Å². The van der Waals surface area contributed by atoms with Crippen molar-refractivity contribution < 1.29 is 9.53 Å². The van der Waals surface area contributed by atoms with E-state index in [1.165, 1.54) is 7.11 Å². The van der Waals surface area contributed by atoms with Crippen LogP contribution in [0.1, 0.15) is 17.4 Å². The number of ether oxygens (including phenoxy) is 1. The zero-order valence-electron chi connectivity index (χ0n) is 10.1. The van der Waals surface area contributed by atoms with Crippen LogP contribution in [0.2, 0.25) is 0 Å². The Morgan fingerprint density at radius 3 is 2.89 bits per heavy atom. The summed E-state index contributed by atoms with van der Waals surface area (Å²) in [6.45, 7) is 2.04. The third-order valence-electron chi connectivity index (χ3n) is 2.42. The van der Waals surface area contributed by atoms with Gasteiger partial charge < -0.3 is 4.74 Å². The molecule has 18 heavy (non-hydrogen) atoms. The number of benzene rings is 1. The Balaban J connectivity index is 2.64. The Hall–Kier alpha value is -1.07. The van der Waals surface area contributed by atoms with E-state index in [0.29, 0.717) is 5.69 Å². The molecule has 0 bridgehead atoms. The van der Waals surface area contributed by atoms with Crippen LogP contribution in [0.5, 0.6) is 0 Å². The molecule has 1 aromatic heterocycles. The Morgan fingerprint density at radius 2 is 2.22 bits per heavy atom. The molecule has 94 valence electrons. The standard InChI is InChI=1S/C13H12BrNO2S/c1-3-18-11-7-8-6-9(14)4-5-10(8)15-12(11)13(16)17-2/h4-7H,3H2,1-2H3. The van der Waals surface area contributed by atoms with E-state index in [2.05, 4.69) is 20.9 Å². The molecule has 0 saturated carbocycles. The molecule has 0 N–H and O–H groups in total. The topological polar surface area (TPSA) is 39.2 Å². The number of aromatic nitrogens is 1. The van der Waals surface area contributed by atoms with Crippen molar-refractivity contribution in [2.24, 2.45) is 0 Å². The third-order valence-corrected chi connectivity index (χ3v) is 3.82. The molecular weight excluding hydrogens is 314 g/mol. The average Bonchev–Trinajstić information content (AvgIpc) is 2.37. The van der Waals surface area contributed by atoms with Gasteiger partial charge >= 0.3 is 5.97 Å². The van der Waals surface area contributed by atoms with Crippen molar-refractivity contribution in [1.82, 2.24) is 4.98 Å². The first-order valence-corrected chi connectivity index (χ1v) is 7.25. The van der Waals surface area contributed by atoms with E-state index in [9.17, 15) is 4.79 Å². The lowest BCUT2D eigenvalue weighted by Gasteiger charge is -2.08. The molecule has 0 fully saturated rings. The first-order chi connectivity index (χ1) is 8.65. The van der Waals surface area contributed by atoms with Gasteiger partial charge in [0.15, 0.2) is 5.69 Å². The summed E-state index contributed by atoms with van der Waals surface area (Å²) in [5.41, 5.74) is 1.18. The number of fused-ring (bicyclic) bond motifs is 1. The molecule has 3 nitrogen and oxygen atoms in total. The summed E-state index contributed by atoms with van der Waals surface area (Å²) in [7, 11) is 1.37. The Bertz CT molecular complexity index is 601. The molecule has 0 atom stereocenters. The SMILES string of the molecule is CCSc1cc2cc(Br)ccc2nc1C(=O)OC. The maximum absolute atomic E-state index is 11.7. The number of pyridine rings is 1. The van der Waals surface area contributed by atoms with E-state index in [1.807, 2.05) is 31.2 Å². The van der Waals surface area contributed by atoms with Gasteiger partial charge in [0, 0.05) is 14.8 Å². The minimum atomic E-state index is -0.393. The minimum absolute atomic E-state index is 0.388. The van der Waals surface area contributed by atoms with Gasteiger partial charge in [0.2, 0.25) is 0 Å². The second-order valence-electron chi connectivity index (χ2n) is 3.60. The zero-order chi connectivity index (χ0) is 13.1. The number of carbonyl (C=O) groups excluding carboxylic acids is 1. The Morgan fingerprint density at radius 1 is 1.44 bits per heavy atom. The number of thioether (sulfide) groups is 1. The number of rotatable bonds is 3. The zero-order valence-corrected chi connectivity index (χ0v) is 12.5. The van der Waals surface area contributed by atoms with Crippen LogP contribution in [0, 0.1) is 0 Å². The van der Waals surface area contributed by atoms with Gasteiger partial charge in [-0.15, -0.1) is 11.8 Å². The Labute approximate surface area is 118 Å². The second-order valence-corrected chi connectivity index (χ2v) is 5.82. The Kier molecular flexibility index (Phi) is 4.24. The van der Waals surface area contributed by atoms with Crippen molar-refractivity contribution in [3.05, 3.63) is 34.4 Å². The summed E-state index contributed by atoms with van der Waals surface area (Å²) in [6.07, 6.45) is 0. The van der Waals surface area contributed by atoms with Gasteiger partial charge in [0.1, 0.15) is 0 Å². The highest BCUT2D eigenvalue weighted by atomic mass is 79.9. The van der Waals surface area contributed by atoms with Crippen molar-refractivity contribution in [2.45, 2.75) is 11.8 Å². The van der Waals surface area contributed by atoms with E-state index in [0.717, 1.165) is 26.0 Å². The molecule has 0 unspecified atom stereocenters. The molecule has 5 heteroatoms. The molecule has 1 aromatic carbocycles. The molecule has 0 spiro atoms. The van der Waals surface area contributed by atoms with Crippen LogP contribution in [-0.2, 0) is 4.74 Å². The van der Waals surface area contributed by atoms with Crippen LogP contribution in [-0.4, -0.2) is 23.8 Å². The number of nitrogens with zero attached hydrogens (tertiary/aromatic N) is 1. The highest BCUT2D eigenvalue weighted by Gasteiger charge is 2.15. The smallest absolute Gasteiger partial charge is 0.357 e. The monoisotopic (exact) mass is 325 g/mol. The molecule has 0 aliphatic carbocycles. The molecule has 2 aromatic rings. The van der Waals surface area contributed by atoms with Crippen LogP contribution in [0.3, 0.4) is 0 Å². The fourth-order valence-electron chi connectivity index (χ4n) is 1.64. The number of hydrogen-bond acceptors (Lipinski definition) is 4. The fourth-order valence-corrected chi connectivity index (χ4v) is 2.80. The number of esters is 1. The van der Waals surface area contributed by atoms with Crippen molar-refractivity contribution >= 4 is 44.6 Å². The van der Waals surface area contributed by atoms with E-state index in [1.54, 1.807) is 11.8 Å². The summed E-state index contributed by atoms with van der Waals surface area (Å²) in [4.78, 5) is 17.0. The van der Waals surface area contributed by atoms with Crippen LogP contribution in [0.4, 0.5) is 0 Å². The lowest BCUT2D eigenvalue weighted by atomic mass is 10.2. The maximum Gasteiger partial charge on any atom is 0.357 e. The van der Waals surface area contributed by atoms with Crippen molar-refractivity contribution in [3.63, 3.8) is 0 Å². The molecular formula is C13H12BrNO2S. The lowest BCUT2D eigenvalue weighted by molar-refractivity contribution is 0.0590. The van der Waals surface area contributed by atoms with E-state index >= 15 is 0 Å². The van der Waals surface area contributed by atoms with Gasteiger partial charge in [-0.2, -0.15) is 0 Å². The third kappa shape index (κ3) is 2.67. The van der Waals surface area contributed by atoms with Gasteiger partial charge in [0.25, 0.3) is 0 Å². The van der Waals surface area contributed by atoms with Crippen LogP contribution < -0.4 is 0 Å². The summed E-state index contributed by atoms with van der Waals surface area (Å²) in [5.74, 6) is 0.487. The molecule has 0 amide bonds. The molecule has 0 aliphatic rings. The largest absolute Gasteiger partial charge is 0.464 e. The van der Waals surface area contributed by atoms with Crippen LogP contribution in [0.15, 0.2) is 33.6 Å². The minimum Gasteiger partial charge on any atom is -0.464 e. The van der Waals surface area contributed by atoms with E-state index in [4.69, 9.17) is 4.74 Å². The fraction of sp³-hybridized carbons (Fsp3) is 0.231. The number of methoxy groups -OCH3 is 1. The summed E-state index contributed by atoms with van der Waals surface area (Å²) < 4.78 is 5.77. The highest BCUT2D eigenvalue weighted by Crippen LogP contribution is 2.27. The second kappa shape index (κ2) is 5.71. The number of hydrogen-bond donors (Lipinski definition) is 0. The highest BCUT2D eigenvalue weighted by molar-refractivity contribution is 9.10. The van der Waals surface area contributed by atoms with Crippen LogP contribution >= 0.6 is 27.7 Å². The van der Waals surface area contributed by atoms with Crippen molar-refractivity contribution in [1.29, 1.82) is 0 Å². The molecule has 0 aliphatic heterocycles. The van der Waals surface area contributed by atoms with Crippen LogP contribution in [0.25, 0.3) is 10.9 Å². The number of carbonyl (C=O) groups is 1. The van der Waals surface area contributed by atoms with E-state index in [-0.39, 0.29) is 0 Å².